The first-order chi connectivity index (χ1) is 15.3. The lowest BCUT2D eigenvalue weighted by atomic mass is 9.95. The second-order valence-electron chi connectivity index (χ2n) is 7.93. The Kier molecular flexibility index (Phi) is 11.8. The van der Waals surface area contributed by atoms with Gasteiger partial charge in [0, 0.05) is 12.4 Å². The van der Waals surface area contributed by atoms with Crippen LogP contribution in [0.2, 0.25) is 0 Å². The van der Waals surface area contributed by atoms with E-state index in [1.807, 2.05) is 0 Å². The molecule has 1 heterocycles. The molecule has 0 aliphatic heterocycles. The van der Waals surface area contributed by atoms with E-state index in [-0.39, 0.29) is 12.5 Å². The second kappa shape index (κ2) is 13.3. The van der Waals surface area contributed by atoms with Gasteiger partial charge in [0.1, 0.15) is 12.6 Å². The molecule has 0 aliphatic rings. The highest BCUT2D eigenvalue weighted by Gasteiger charge is 2.36. The van der Waals surface area contributed by atoms with E-state index < -0.39 is 59.1 Å². The smallest absolute Gasteiger partial charge is 0.326 e. The van der Waals surface area contributed by atoms with Crippen molar-refractivity contribution in [2.75, 3.05) is 13.4 Å². The molecule has 4 atom stereocenters. The lowest BCUT2D eigenvalue weighted by molar-refractivity contribution is -0.273. The van der Waals surface area contributed by atoms with Crippen LogP contribution < -0.4 is 5.73 Å². The number of aromatic nitrogens is 1. The first kappa shape index (κ1) is 29.3. The number of esters is 2. The predicted octanol–water partition coefficient (Wildman–Crippen LogP) is 1.15. The van der Waals surface area contributed by atoms with Crippen LogP contribution in [0.5, 0.6) is 0 Å². The Morgan fingerprint density at radius 1 is 1.21 bits per heavy atom. The van der Waals surface area contributed by atoms with E-state index in [1.54, 1.807) is 13.8 Å². The topological polar surface area (TPSA) is 194 Å². The van der Waals surface area contributed by atoms with E-state index in [4.69, 9.17) is 29.1 Å². The van der Waals surface area contributed by atoms with Crippen LogP contribution in [0.15, 0.2) is 24.5 Å². The summed E-state index contributed by atoms with van der Waals surface area (Å²) in [5.41, 5.74) is 4.76. The normalized spacial score (nSPS) is 16.5. The van der Waals surface area contributed by atoms with Gasteiger partial charge in [-0.05, 0) is 31.4 Å². The average molecular weight is 512 g/mol. The van der Waals surface area contributed by atoms with Gasteiger partial charge in [0.15, 0.2) is 0 Å². The van der Waals surface area contributed by atoms with Crippen molar-refractivity contribution in [3.8, 4) is 0 Å². The van der Waals surface area contributed by atoms with Crippen LogP contribution in [-0.2, 0) is 48.2 Å². The summed E-state index contributed by atoms with van der Waals surface area (Å²) in [5, 5.41) is 10.3. The molecule has 13 nitrogen and oxygen atoms in total. The summed E-state index contributed by atoms with van der Waals surface area (Å²) in [6.07, 6.45) is 2.30. The van der Waals surface area contributed by atoms with Gasteiger partial charge < -0.3 is 25.2 Å². The van der Waals surface area contributed by atoms with E-state index in [9.17, 15) is 23.8 Å². The monoisotopic (exact) mass is 512 g/mol. The molecule has 0 radical (unpaired) electrons. The fourth-order valence-corrected chi connectivity index (χ4v) is 3.21. The quantitative estimate of drug-likeness (QED) is 0.183. The van der Waals surface area contributed by atoms with Gasteiger partial charge in [0.2, 0.25) is 6.79 Å². The lowest BCUT2D eigenvalue weighted by Gasteiger charge is -2.26. The number of carbonyl (C=O) groups is 2. The van der Waals surface area contributed by atoms with Gasteiger partial charge in [-0.25, -0.2) is 0 Å². The van der Waals surface area contributed by atoms with Gasteiger partial charge in [0.25, 0.3) is 5.97 Å². The van der Waals surface area contributed by atoms with E-state index in [1.165, 1.54) is 38.4 Å². The summed E-state index contributed by atoms with van der Waals surface area (Å²) in [6.45, 7) is 5.23. The van der Waals surface area contributed by atoms with Crippen molar-refractivity contribution >= 4 is 28.4 Å². The molecule has 0 fully saturated rings. The molecule has 0 bridgehead atoms. The van der Waals surface area contributed by atoms with Gasteiger partial charge in [0.05, 0.1) is 11.8 Å². The zero-order valence-corrected chi connectivity index (χ0v) is 20.7. The minimum atomic E-state index is -3.69. The number of nitrogens with zero attached hydrogens (tertiary/aromatic N) is 1. The van der Waals surface area contributed by atoms with Crippen LogP contribution in [0, 0.1) is 11.3 Å². The van der Waals surface area contributed by atoms with Gasteiger partial charge in [-0.2, -0.15) is 0 Å². The van der Waals surface area contributed by atoms with Crippen molar-refractivity contribution in [3.05, 3.63) is 30.1 Å². The van der Waals surface area contributed by atoms with E-state index in [0.717, 1.165) is 0 Å². The first-order valence-corrected chi connectivity index (χ1v) is 12.2. The van der Waals surface area contributed by atoms with Crippen LogP contribution in [-0.4, -0.2) is 52.3 Å². The SMILES string of the molecule is CC(C)[C@H](N)C(=O)OCC(C)(C)C(=O)OCO[PH](=O)OC(O)(Cc1cccnc1)O[PH](=O)O. The molecule has 1 aromatic rings. The summed E-state index contributed by atoms with van der Waals surface area (Å²) >= 11 is 0. The highest BCUT2D eigenvalue weighted by Crippen LogP contribution is 2.37. The molecular weight excluding hydrogens is 482 g/mol. The molecule has 1 aromatic heterocycles. The van der Waals surface area contributed by atoms with Crippen LogP contribution >= 0.6 is 16.5 Å². The highest BCUT2D eigenvalue weighted by molar-refractivity contribution is 7.33. The number of carbonyl (C=O) groups excluding carboxylic acids is 2. The van der Waals surface area contributed by atoms with Crippen molar-refractivity contribution in [2.24, 2.45) is 17.1 Å². The molecule has 1 rings (SSSR count). The van der Waals surface area contributed by atoms with Gasteiger partial charge in [-0.15, -0.1) is 0 Å². The van der Waals surface area contributed by atoms with Gasteiger partial charge in [-0.3, -0.25) is 37.3 Å². The Hall–Kier alpha value is -1.69. The third-order valence-corrected chi connectivity index (χ3v) is 5.46. The minimum absolute atomic E-state index is 0.149. The van der Waals surface area contributed by atoms with Crippen LogP contribution in [0.4, 0.5) is 0 Å². The number of pyridine rings is 1. The summed E-state index contributed by atoms with van der Waals surface area (Å²) in [6, 6.07) is 2.21. The lowest BCUT2D eigenvalue weighted by Crippen LogP contribution is -2.40. The molecule has 0 saturated carbocycles. The molecule has 0 aromatic carbocycles. The number of rotatable bonds is 14. The summed E-state index contributed by atoms with van der Waals surface area (Å²) < 4.78 is 47.0. The highest BCUT2D eigenvalue weighted by atomic mass is 31.1. The number of ether oxygens (including phenoxy) is 2. The van der Waals surface area contributed by atoms with Crippen molar-refractivity contribution in [1.29, 1.82) is 0 Å². The zero-order valence-electron chi connectivity index (χ0n) is 18.7. The molecule has 0 aliphatic carbocycles. The molecule has 15 heteroatoms. The molecule has 0 amide bonds. The van der Waals surface area contributed by atoms with Crippen molar-refractivity contribution in [3.63, 3.8) is 0 Å². The van der Waals surface area contributed by atoms with E-state index in [2.05, 4.69) is 9.51 Å². The molecule has 188 valence electrons. The Bertz CT molecular complexity index is 838. The predicted molar refractivity (Wildman–Crippen MR) is 115 cm³/mol. The van der Waals surface area contributed by atoms with E-state index in [0.29, 0.717) is 5.56 Å². The summed E-state index contributed by atoms with van der Waals surface area (Å²) in [7, 11) is -7.25. The Morgan fingerprint density at radius 3 is 2.42 bits per heavy atom. The van der Waals surface area contributed by atoms with Crippen LogP contribution in [0.3, 0.4) is 0 Å². The number of hydrogen-bond donors (Lipinski definition) is 3. The Morgan fingerprint density at radius 2 is 1.88 bits per heavy atom. The standard InChI is InChI=1S/C18H30N2O11P2/c1-12(2)14(19)15(21)27-10-17(3,4)16(22)28-11-29-33(26)31-18(23,30-32(24)25)8-13-6-5-7-20-9-13/h5-7,9,12,14,23,32-33H,8,10-11,19H2,1-4H3,(H,24,25)/t14-,18?/m0/s1. The molecule has 0 saturated heterocycles. The Labute approximate surface area is 192 Å². The fourth-order valence-electron chi connectivity index (χ4n) is 2.16. The molecule has 3 unspecified atom stereocenters. The maximum Gasteiger partial charge on any atom is 0.326 e. The largest absolute Gasteiger partial charge is 0.463 e. The third-order valence-electron chi connectivity index (χ3n) is 4.12. The fraction of sp³-hybridized carbons (Fsp3) is 0.611. The second-order valence-corrected chi connectivity index (χ2v) is 9.65. The minimum Gasteiger partial charge on any atom is -0.463 e. The van der Waals surface area contributed by atoms with Crippen LogP contribution in [0.25, 0.3) is 0 Å². The maximum atomic E-state index is 12.2. The molecular formula is C18H30N2O11P2. The number of hydrogen-bond acceptors (Lipinski definition) is 12. The van der Waals surface area contributed by atoms with Crippen LogP contribution in [0.1, 0.15) is 33.3 Å². The van der Waals surface area contributed by atoms with Crippen molar-refractivity contribution in [2.45, 2.75) is 46.1 Å². The summed E-state index contributed by atoms with van der Waals surface area (Å²) in [5.74, 6) is -4.41. The average Bonchev–Trinajstić information content (AvgIpc) is 2.70. The van der Waals surface area contributed by atoms with Gasteiger partial charge in [-0.1, -0.05) is 19.9 Å². The maximum absolute atomic E-state index is 12.2. The number of aliphatic hydroxyl groups is 1. The molecule has 0 spiro atoms. The molecule has 33 heavy (non-hydrogen) atoms. The van der Waals surface area contributed by atoms with Gasteiger partial charge >= 0.3 is 28.4 Å². The molecule has 4 N–H and O–H groups in total. The van der Waals surface area contributed by atoms with Crippen molar-refractivity contribution in [1.82, 2.24) is 4.98 Å². The zero-order chi connectivity index (χ0) is 25.2. The van der Waals surface area contributed by atoms with Crippen molar-refractivity contribution < 1.29 is 51.8 Å². The third kappa shape index (κ3) is 10.9. The Balaban J connectivity index is 2.57. The first-order valence-electron chi connectivity index (χ1n) is 9.74. The summed E-state index contributed by atoms with van der Waals surface area (Å²) in [4.78, 5) is 36.9. The van der Waals surface area contributed by atoms with E-state index >= 15 is 0 Å². The number of nitrogens with two attached hydrogens (primary N) is 1.